The fraction of sp³-hybridized carbons (Fsp3) is 0.733. The summed E-state index contributed by atoms with van der Waals surface area (Å²) in [7, 11) is 1.20. The van der Waals surface area contributed by atoms with Crippen molar-refractivity contribution in [3.8, 4) is 0 Å². The van der Waals surface area contributed by atoms with E-state index in [4.69, 9.17) is 4.74 Å². The largest absolute Gasteiger partial charge is 0.468 e. The van der Waals surface area contributed by atoms with Crippen molar-refractivity contribution in [2.24, 2.45) is 5.92 Å². The van der Waals surface area contributed by atoms with Crippen LogP contribution in [0.1, 0.15) is 34.6 Å². The highest BCUT2D eigenvalue weighted by Gasteiger charge is 2.27. The molecule has 0 fully saturated rings. The molecule has 0 aliphatic carbocycles. The molecule has 0 N–H and O–H groups in total. The van der Waals surface area contributed by atoms with Gasteiger partial charge in [0.1, 0.15) is 18.7 Å². The van der Waals surface area contributed by atoms with E-state index in [1.165, 1.54) is 14.0 Å². The van der Waals surface area contributed by atoms with Gasteiger partial charge in [0, 0.05) is 18.6 Å². The molecule has 1 unspecified atom stereocenters. The topological polar surface area (TPSA) is 90.0 Å². The van der Waals surface area contributed by atoms with Gasteiger partial charge in [-0.1, -0.05) is 18.7 Å². The monoisotopic (exact) mass is 347 g/mol. The SMILES string of the molecule is COC(=O)CN(CC(=O)OC(C)(C)C)C(=O)C(C)CSC(C)=O. The molecule has 1 amide bonds. The molecule has 132 valence electrons. The zero-order chi connectivity index (χ0) is 18.2. The molecular weight excluding hydrogens is 322 g/mol. The molecule has 7 nitrogen and oxygen atoms in total. The first kappa shape index (κ1) is 21.4. The molecule has 0 saturated carbocycles. The van der Waals surface area contributed by atoms with Gasteiger partial charge in [0.15, 0.2) is 5.12 Å². The third-order valence-corrected chi connectivity index (χ3v) is 3.63. The van der Waals surface area contributed by atoms with Crippen molar-refractivity contribution in [2.45, 2.75) is 40.2 Å². The lowest BCUT2D eigenvalue weighted by Gasteiger charge is -2.26. The molecule has 0 aromatic heterocycles. The number of amides is 1. The highest BCUT2D eigenvalue weighted by atomic mass is 32.2. The molecular formula is C15H25NO6S. The van der Waals surface area contributed by atoms with Crippen molar-refractivity contribution < 1.29 is 28.7 Å². The summed E-state index contributed by atoms with van der Waals surface area (Å²) in [4.78, 5) is 47.8. The van der Waals surface area contributed by atoms with Crippen LogP contribution in [0.5, 0.6) is 0 Å². The van der Waals surface area contributed by atoms with Crippen LogP contribution in [0, 0.1) is 5.92 Å². The van der Waals surface area contributed by atoms with Crippen LogP contribution >= 0.6 is 11.8 Å². The maximum atomic E-state index is 12.4. The molecule has 0 saturated heterocycles. The number of methoxy groups -OCH3 is 1. The summed E-state index contributed by atoms with van der Waals surface area (Å²) < 4.78 is 9.71. The van der Waals surface area contributed by atoms with Crippen molar-refractivity contribution in [3.05, 3.63) is 0 Å². The summed E-state index contributed by atoms with van der Waals surface area (Å²) >= 11 is 1.02. The van der Waals surface area contributed by atoms with Gasteiger partial charge >= 0.3 is 11.9 Å². The maximum absolute atomic E-state index is 12.4. The molecule has 0 rings (SSSR count). The molecule has 23 heavy (non-hydrogen) atoms. The number of ether oxygens (including phenoxy) is 2. The molecule has 1 atom stereocenters. The number of carbonyl (C=O) groups excluding carboxylic acids is 4. The van der Waals surface area contributed by atoms with Crippen molar-refractivity contribution >= 4 is 34.7 Å². The molecule has 0 aliphatic heterocycles. The Labute approximate surface area is 141 Å². The summed E-state index contributed by atoms with van der Waals surface area (Å²) in [5.74, 6) is -1.89. The zero-order valence-electron chi connectivity index (χ0n) is 14.5. The number of hydrogen-bond donors (Lipinski definition) is 0. The standard InChI is InChI=1S/C15H25NO6S/c1-10(9-23-11(2)17)14(20)16(7-12(18)21-6)8-13(19)22-15(3,4)5/h10H,7-9H2,1-6H3. The van der Waals surface area contributed by atoms with Crippen LogP contribution in [0.3, 0.4) is 0 Å². The van der Waals surface area contributed by atoms with Gasteiger partial charge < -0.3 is 14.4 Å². The molecule has 0 aliphatic rings. The van der Waals surface area contributed by atoms with Crippen LogP contribution in [0.4, 0.5) is 0 Å². The third-order valence-electron chi connectivity index (χ3n) is 2.56. The number of hydrogen-bond acceptors (Lipinski definition) is 7. The number of thioether (sulfide) groups is 1. The van der Waals surface area contributed by atoms with Crippen molar-refractivity contribution in [2.75, 3.05) is 26.0 Å². The molecule has 0 aromatic rings. The van der Waals surface area contributed by atoms with Crippen molar-refractivity contribution in [1.29, 1.82) is 0 Å². The summed E-state index contributed by atoms with van der Waals surface area (Å²) in [6.45, 7) is 7.49. The molecule has 0 spiro atoms. The number of esters is 2. The Morgan fingerprint density at radius 1 is 1.09 bits per heavy atom. The van der Waals surface area contributed by atoms with Gasteiger partial charge in [-0.25, -0.2) is 0 Å². The van der Waals surface area contributed by atoms with Gasteiger partial charge in [0.2, 0.25) is 5.91 Å². The first-order chi connectivity index (χ1) is 10.5. The molecule has 0 bridgehead atoms. The summed E-state index contributed by atoms with van der Waals surface area (Å²) in [6, 6.07) is 0. The highest BCUT2D eigenvalue weighted by molar-refractivity contribution is 8.13. The Balaban J connectivity index is 4.91. The van der Waals surface area contributed by atoms with Crippen molar-refractivity contribution in [1.82, 2.24) is 4.90 Å². The Hall–Kier alpha value is -1.57. The average molecular weight is 347 g/mol. The lowest BCUT2D eigenvalue weighted by atomic mass is 10.2. The van der Waals surface area contributed by atoms with Crippen LogP contribution in [-0.4, -0.2) is 59.4 Å². The van der Waals surface area contributed by atoms with Gasteiger partial charge in [-0.05, 0) is 20.8 Å². The van der Waals surface area contributed by atoms with Gasteiger partial charge in [0.05, 0.1) is 7.11 Å². The first-order valence-electron chi connectivity index (χ1n) is 7.17. The number of rotatable bonds is 7. The minimum atomic E-state index is -0.687. The Bertz CT molecular complexity index is 457. The normalized spacial score (nSPS) is 12.3. The second kappa shape index (κ2) is 9.54. The lowest BCUT2D eigenvalue weighted by molar-refractivity contribution is -0.161. The summed E-state index contributed by atoms with van der Waals surface area (Å²) in [6.07, 6.45) is 0. The van der Waals surface area contributed by atoms with Crippen LogP contribution in [-0.2, 0) is 28.7 Å². The second-order valence-electron chi connectivity index (χ2n) is 6.06. The number of carbonyl (C=O) groups is 4. The Morgan fingerprint density at radius 3 is 2.04 bits per heavy atom. The smallest absolute Gasteiger partial charge is 0.326 e. The predicted octanol–water partition coefficient (Wildman–Crippen LogP) is 1.25. The van der Waals surface area contributed by atoms with E-state index in [0.29, 0.717) is 0 Å². The van der Waals surface area contributed by atoms with Gasteiger partial charge in [-0.3, -0.25) is 19.2 Å². The Morgan fingerprint density at radius 2 is 1.61 bits per heavy atom. The van der Waals surface area contributed by atoms with Gasteiger partial charge in [-0.15, -0.1) is 0 Å². The molecule has 0 radical (unpaired) electrons. The van der Waals surface area contributed by atoms with E-state index in [0.717, 1.165) is 16.7 Å². The van der Waals surface area contributed by atoms with E-state index in [1.54, 1.807) is 27.7 Å². The van der Waals surface area contributed by atoms with Crippen LogP contribution in [0.15, 0.2) is 0 Å². The second-order valence-corrected chi connectivity index (χ2v) is 7.26. The van der Waals surface area contributed by atoms with Crippen LogP contribution in [0.2, 0.25) is 0 Å². The summed E-state index contributed by atoms with van der Waals surface area (Å²) in [5, 5.41) is -0.101. The fourth-order valence-electron chi connectivity index (χ4n) is 1.59. The minimum absolute atomic E-state index is 0.101. The van der Waals surface area contributed by atoms with E-state index in [-0.39, 0.29) is 24.0 Å². The van der Waals surface area contributed by atoms with Crippen LogP contribution in [0.25, 0.3) is 0 Å². The Kier molecular flexibility index (Phi) is 8.89. The predicted molar refractivity (Wildman–Crippen MR) is 86.7 cm³/mol. The van der Waals surface area contributed by atoms with E-state index in [9.17, 15) is 19.2 Å². The van der Waals surface area contributed by atoms with Crippen molar-refractivity contribution in [3.63, 3.8) is 0 Å². The van der Waals surface area contributed by atoms with E-state index in [1.807, 2.05) is 0 Å². The summed E-state index contributed by atoms with van der Waals surface area (Å²) in [5.41, 5.74) is -0.687. The molecule has 0 heterocycles. The van der Waals surface area contributed by atoms with Crippen LogP contribution < -0.4 is 0 Å². The highest BCUT2D eigenvalue weighted by Crippen LogP contribution is 2.13. The van der Waals surface area contributed by atoms with E-state index in [2.05, 4.69) is 4.74 Å². The van der Waals surface area contributed by atoms with Gasteiger partial charge in [0.25, 0.3) is 0 Å². The fourth-order valence-corrected chi connectivity index (χ4v) is 2.21. The average Bonchev–Trinajstić information content (AvgIpc) is 2.40. The number of nitrogens with zero attached hydrogens (tertiary/aromatic N) is 1. The third kappa shape index (κ3) is 9.93. The first-order valence-corrected chi connectivity index (χ1v) is 8.15. The quantitative estimate of drug-likeness (QED) is 0.640. The molecule has 0 aromatic carbocycles. The lowest BCUT2D eigenvalue weighted by Crippen LogP contribution is -2.44. The zero-order valence-corrected chi connectivity index (χ0v) is 15.3. The van der Waals surface area contributed by atoms with E-state index < -0.39 is 29.4 Å². The van der Waals surface area contributed by atoms with E-state index >= 15 is 0 Å². The maximum Gasteiger partial charge on any atom is 0.326 e. The molecule has 8 heteroatoms. The minimum Gasteiger partial charge on any atom is -0.468 e. The van der Waals surface area contributed by atoms with Gasteiger partial charge in [-0.2, -0.15) is 0 Å².